The van der Waals surface area contributed by atoms with Gasteiger partial charge in [-0.1, -0.05) is 36.4 Å². The normalized spacial score (nSPS) is 15.5. The van der Waals surface area contributed by atoms with E-state index in [2.05, 4.69) is 10.5 Å². The van der Waals surface area contributed by atoms with Gasteiger partial charge in [-0.05, 0) is 31.2 Å². The molecule has 0 saturated carbocycles. The van der Waals surface area contributed by atoms with Crippen molar-refractivity contribution >= 4 is 27.9 Å². The Morgan fingerprint density at radius 2 is 1.82 bits per heavy atom. The molecule has 0 atom stereocenters. The van der Waals surface area contributed by atoms with Crippen molar-refractivity contribution in [2.45, 2.75) is 6.92 Å². The van der Waals surface area contributed by atoms with Crippen molar-refractivity contribution in [1.29, 1.82) is 5.41 Å². The van der Waals surface area contributed by atoms with Gasteiger partial charge in [-0.25, -0.2) is 0 Å². The first-order valence-corrected chi connectivity index (χ1v) is 7.21. The lowest BCUT2D eigenvalue weighted by molar-refractivity contribution is 0.344. The fourth-order valence-electron chi connectivity index (χ4n) is 2.34. The molecule has 0 unspecified atom stereocenters. The molecule has 0 fully saturated rings. The number of benzene rings is 2. The van der Waals surface area contributed by atoms with Crippen LogP contribution in [0.3, 0.4) is 0 Å². The van der Waals surface area contributed by atoms with Gasteiger partial charge in [0.25, 0.3) is 0 Å². The molecule has 4 heteroatoms. The van der Waals surface area contributed by atoms with Crippen molar-refractivity contribution in [1.82, 2.24) is 0 Å². The predicted octanol–water partition coefficient (Wildman–Crippen LogP) is 4.15. The second-order valence-corrected chi connectivity index (χ2v) is 4.83. The van der Waals surface area contributed by atoms with Crippen molar-refractivity contribution in [2.75, 3.05) is 12.0 Å². The molecule has 3 rings (SSSR count). The maximum atomic E-state index is 7.83. The van der Waals surface area contributed by atoms with Gasteiger partial charge < -0.3 is 4.74 Å². The lowest BCUT2D eigenvalue weighted by atomic mass is 10.1. The van der Waals surface area contributed by atoms with E-state index in [4.69, 9.17) is 10.1 Å². The van der Waals surface area contributed by atoms with Crippen LogP contribution in [-0.4, -0.2) is 18.0 Å². The average Bonchev–Trinajstić information content (AvgIpc) is 2.56. The highest BCUT2D eigenvalue weighted by molar-refractivity contribution is 6.50. The molecular weight excluding hydrogens is 274 g/mol. The fraction of sp³-hybridized carbons (Fsp3) is 0.111. The molecule has 2 aromatic rings. The van der Waals surface area contributed by atoms with Crippen molar-refractivity contribution in [2.24, 2.45) is 5.10 Å². The lowest BCUT2D eigenvalue weighted by Gasteiger charge is -2.12. The quantitative estimate of drug-likeness (QED) is 0.656. The Balaban J connectivity index is 1.96. The van der Waals surface area contributed by atoms with Crippen LogP contribution in [0.5, 0.6) is 5.75 Å². The molecule has 2 N–H and O–H groups in total. The molecule has 0 heterocycles. The molecule has 22 heavy (non-hydrogen) atoms. The number of hydrogen-bond acceptors (Lipinski definition) is 4. The number of rotatable bonds is 4. The molecule has 0 radical (unpaired) electrons. The van der Waals surface area contributed by atoms with Gasteiger partial charge in [-0.15, -0.1) is 0 Å². The highest BCUT2D eigenvalue weighted by atomic mass is 16.5. The van der Waals surface area contributed by atoms with Gasteiger partial charge in [0.2, 0.25) is 0 Å². The van der Waals surface area contributed by atoms with Gasteiger partial charge in [0.1, 0.15) is 11.5 Å². The molecule has 0 aliphatic heterocycles. The number of ether oxygens (including phenoxy) is 1. The van der Waals surface area contributed by atoms with E-state index in [0.717, 1.165) is 22.2 Å². The maximum Gasteiger partial charge on any atom is 0.127 e. The first-order valence-electron chi connectivity index (χ1n) is 7.21. The second kappa shape index (κ2) is 6.26. The highest BCUT2D eigenvalue weighted by Gasteiger charge is 2.07. The van der Waals surface area contributed by atoms with Crippen molar-refractivity contribution < 1.29 is 4.74 Å². The number of fused-ring (bicyclic) bond motifs is 1. The fourth-order valence-corrected chi connectivity index (χ4v) is 2.34. The van der Waals surface area contributed by atoms with Crippen LogP contribution in [0.25, 0.3) is 10.8 Å². The molecule has 1 aliphatic rings. The van der Waals surface area contributed by atoms with Gasteiger partial charge in [-0.2, -0.15) is 5.10 Å². The van der Waals surface area contributed by atoms with E-state index in [1.54, 1.807) is 6.08 Å². The molecular formula is C18H17N3O. The van der Waals surface area contributed by atoms with Gasteiger partial charge in [-0.3, -0.25) is 10.8 Å². The van der Waals surface area contributed by atoms with Crippen LogP contribution in [-0.2, 0) is 0 Å². The Kier molecular flexibility index (Phi) is 4.01. The van der Waals surface area contributed by atoms with Gasteiger partial charge >= 0.3 is 0 Å². The topological polar surface area (TPSA) is 57.5 Å². The van der Waals surface area contributed by atoms with Crippen LogP contribution in [0, 0.1) is 5.41 Å². The summed E-state index contributed by atoms with van der Waals surface area (Å²) < 4.78 is 5.67. The minimum Gasteiger partial charge on any atom is -0.493 e. The Morgan fingerprint density at radius 1 is 1.05 bits per heavy atom. The Morgan fingerprint density at radius 3 is 2.59 bits per heavy atom. The van der Waals surface area contributed by atoms with Crippen LogP contribution < -0.4 is 10.2 Å². The maximum absolute atomic E-state index is 7.83. The summed E-state index contributed by atoms with van der Waals surface area (Å²) in [4.78, 5) is 0. The summed E-state index contributed by atoms with van der Waals surface area (Å²) in [5.41, 5.74) is 4.96. The molecule has 2 aromatic carbocycles. The van der Waals surface area contributed by atoms with E-state index in [0.29, 0.717) is 18.0 Å². The van der Waals surface area contributed by atoms with Gasteiger partial charge in [0, 0.05) is 10.8 Å². The SMILES string of the molecule is CCOc1ccc(N/N=C2/C=CC=CC2=N)c2ccccc12. The summed E-state index contributed by atoms with van der Waals surface area (Å²) in [6.07, 6.45) is 7.23. The first kappa shape index (κ1) is 14.1. The van der Waals surface area contributed by atoms with Crippen molar-refractivity contribution in [3.63, 3.8) is 0 Å². The Bertz CT molecular complexity index is 803. The largest absolute Gasteiger partial charge is 0.493 e. The highest BCUT2D eigenvalue weighted by Crippen LogP contribution is 2.31. The van der Waals surface area contributed by atoms with Crippen LogP contribution in [0.2, 0.25) is 0 Å². The zero-order valence-electron chi connectivity index (χ0n) is 12.3. The number of hydrogen-bond donors (Lipinski definition) is 2. The van der Waals surface area contributed by atoms with Crippen LogP contribution >= 0.6 is 0 Å². The third kappa shape index (κ3) is 2.76. The summed E-state index contributed by atoms with van der Waals surface area (Å²) in [7, 11) is 0. The summed E-state index contributed by atoms with van der Waals surface area (Å²) in [6, 6.07) is 11.9. The Hall–Kier alpha value is -2.88. The third-order valence-electron chi connectivity index (χ3n) is 3.38. The zero-order chi connectivity index (χ0) is 15.4. The number of allylic oxidation sites excluding steroid dienone is 4. The molecule has 1 aliphatic carbocycles. The number of hydrazone groups is 1. The average molecular weight is 291 g/mol. The zero-order valence-corrected chi connectivity index (χ0v) is 12.3. The van der Waals surface area contributed by atoms with E-state index in [1.807, 2.05) is 61.5 Å². The summed E-state index contributed by atoms with van der Waals surface area (Å²) in [5.74, 6) is 0.865. The molecule has 0 amide bonds. The minimum absolute atomic E-state index is 0.394. The smallest absolute Gasteiger partial charge is 0.127 e. The molecule has 0 bridgehead atoms. The first-order chi connectivity index (χ1) is 10.8. The third-order valence-corrected chi connectivity index (χ3v) is 3.38. The van der Waals surface area contributed by atoms with E-state index in [-0.39, 0.29) is 0 Å². The minimum atomic E-state index is 0.394. The molecule has 0 spiro atoms. The van der Waals surface area contributed by atoms with Crippen molar-refractivity contribution in [3.8, 4) is 5.75 Å². The summed E-state index contributed by atoms with van der Waals surface area (Å²) in [6.45, 7) is 2.61. The van der Waals surface area contributed by atoms with Crippen LogP contribution in [0.4, 0.5) is 5.69 Å². The number of nitrogens with zero attached hydrogens (tertiary/aromatic N) is 1. The Labute approximate surface area is 129 Å². The van der Waals surface area contributed by atoms with Gasteiger partial charge in [0.15, 0.2) is 0 Å². The van der Waals surface area contributed by atoms with E-state index >= 15 is 0 Å². The summed E-state index contributed by atoms with van der Waals surface area (Å²) >= 11 is 0. The summed E-state index contributed by atoms with van der Waals surface area (Å²) in [5, 5.41) is 14.2. The van der Waals surface area contributed by atoms with Crippen LogP contribution in [0.1, 0.15) is 6.92 Å². The monoisotopic (exact) mass is 291 g/mol. The van der Waals surface area contributed by atoms with Crippen molar-refractivity contribution in [3.05, 3.63) is 60.7 Å². The van der Waals surface area contributed by atoms with E-state index in [9.17, 15) is 0 Å². The predicted molar refractivity (Wildman–Crippen MR) is 92.2 cm³/mol. The molecule has 110 valence electrons. The number of anilines is 1. The number of nitrogens with one attached hydrogen (secondary N) is 2. The van der Waals surface area contributed by atoms with E-state index in [1.165, 1.54) is 0 Å². The van der Waals surface area contributed by atoms with Gasteiger partial charge in [0.05, 0.1) is 18.0 Å². The molecule has 0 saturated heterocycles. The standard InChI is InChI=1S/C18H17N3O/c1-2-22-18-12-11-16(13-7-3-4-8-14(13)18)20-21-17-10-6-5-9-15(17)19/h3-12,19-20H,2H2,1H3/b19-15?,21-17-. The van der Waals surface area contributed by atoms with E-state index < -0.39 is 0 Å². The molecule has 4 nitrogen and oxygen atoms in total. The van der Waals surface area contributed by atoms with Crippen LogP contribution in [0.15, 0.2) is 65.8 Å². The second-order valence-electron chi connectivity index (χ2n) is 4.83. The lowest BCUT2D eigenvalue weighted by Crippen LogP contribution is -2.11. The molecule has 0 aromatic heterocycles.